The first-order valence-corrected chi connectivity index (χ1v) is 4.45. The SMILES string of the molecule is O=c1[nH]cnc2nnc3ccccc3c12. The first kappa shape index (κ1) is 8.05. The van der Waals surface area contributed by atoms with E-state index < -0.39 is 0 Å². The Morgan fingerprint density at radius 2 is 2.00 bits per heavy atom. The topological polar surface area (TPSA) is 71.5 Å². The van der Waals surface area contributed by atoms with Gasteiger partial charge in [-0.25, -0.2) is 4.98 Å². The van der Waals surface area contributed by atoms with Crippen LogP contribution in [-0.2, 0) is 0 Å². The van der Waals surface area contributed by atoms with E-state index in [1.807, 2.05) is 24.3 Å². The number of aromatic amines is 1. The highest BCUT2D eigenvalue weighted by Crippen LogP contribution is 2.15. The van der Waals surface area contributed by atoms with Crippen molar-refractivity contribution in [2.45, 2.75) is 0 Å². The third kappa shape index (κ3) is 1.10. The Hall–Kier alpha value is -2.30. The average Bonchev–Trinajstić information content (AvgIpc) is 2.29. The second kappa shape index (κ2) is 2.84. The van der Waals surface area contributed by atoms with E-state index >= 15 is 0 Å². The second-order valence-corrected chi connectivity index (χ2v) is 3.15. The predicted octanol–water partition coefficient (Wildman–Crippen LogP) is 0.866. The van der Waals surface area contributed by atoms with Gasteiger partial charge in [0.05, 0.1) is 17.2 Å². The summed E-state index contributed by atoms with van der Waals surface area (Å²) in [6.07, 6.45) is 1.33. The molecule has 5 heteroatoms. The first-order valence-electron chi connectivity index (χ1n) is 4.45. The van der Waals surface area contributed by atoms with Crippen molar-refractivity contribution in [1.29, 1.82) is 0 Å². The van der Waals surface area contributed by atoms with Crippen molar-refractivity contribution in [3.63, 3.8) is 0 Å². The molecule has 15 heavy (non-hydrogen) atoms. The van der Waals surface area contributed by atoms with Crippen molar-refractivity contribution >= 4 is 21.9 Å². The molecule has 2 heterocycles. The molecular weight excluding hydrogens is 192 g/mol. The lowest BCUT2D eigenvalue weighted by molar-refractivity contribution is 1.06. The summed E-state index contributed by atoms with van der Waals surface area (Å²) in [7, 11) is 0. The summed E-state index contributed by atoms with van der Waals surface area (Å²) < 4.78 is 0. The van der Waals surface area contributed by atoms with E-state index in [1.54, 1.807) is 0 Å². The summed E-state index contributed by atoms with van der Waals surface area (Å²) in [5.41, 5.74) is 0.882. The molecule has 0 fully saturated rings. The minimum atomic E-state index is -0.189. The van der Waals surface area contributed by atoms with E-state index in [-0.39, 0.29) is 5.56 Å². The summed E-state index contributed by atoms with van der Waals surface area (Å²) >= 11 is 0. The molecule has 0 unspecified atom stereocenters. The standard InChI is InChI=1S/C10H6N4O/c15-10-8-6-3-1-2-4-7(6)13-14-9(8)11-5-12-10/h1-5H,(H,11,12,14,15). The highest BCUT2D eigenvalue weighted by molar-refractivity contribution is 6.01. The lowest BCUT2D eigenvalue weighted by Crippen LogP contribution is -2.08. The van der Waals surface area contributed by atoms with Gasteiger partial charge < -0.3 is 4.98 Å². The van der Waals surface area contributed by atoms with Crippen LogP contribution in [0.5, 0.6) is 0 Å². The Balaban J connectivity index is 2.70. The smallest absolute Gasteiger partial charge is 0.260 e. The Morgan fingerprint density at radius 1 is 1.13 bits per heavy atom. The van der Waals surface area contributed by atoms with Crippen molar-refractivity contribution in [2.24, 2.45) is 0 Å². The predicted molar refractivity (Wildman–Crippen MR) is 55.5 cm³/mol. The zero-order valence-corrected chi connectivity index (χ0v) is 7.64. The number of fused-ring (bicyclic) bond motifs is 3. The maximum absolute atomic E-state index is 11.6. The molecule has 0 saturated heterocycles. The van der Waals surface area contributed by atoms with Crippen molar-refractivity contribution in [1.82, 2.24) is 20.2 Å². The summed E-state index contributed by atoms with van der Waals surface area (Å²) in [4.78, 5) is 18.1. The number of hydrogen-bond donors (Lipinski definition) is 1. The van der Waals surface area contributed by atoms with Crippen LogP contribution < -0.4 is 5.56 Å². The Morgan fingerprint density at radius 3 is 2.93 bits per heavy atom. The molecule has 3 aromatic rings. The largest absolute Gasteiger partial charge is 0.312 e. The van der Waals surface area contributed by atoms with Crippen molar-refractivity contribution in [2.75, 3.05) is 0 Å². The van der Waals surface area contributed by atoms with Gasteiger partial charge in [-0.3, -0.25) is 4.79 Å². The number of H-pyrrole nitrogens is 1. The molecule has 0 radical (unpaired) electrons. The number of nitrogens with zero attached hydrogens (tertiary/aromatic N) is 3. The zero-order chi connectivity index (χ0) is 10.3. The molecule has 0 aliphatic carbocycles. The van der Waals surface area contributed by atoms with Crippen LogP contribution in [0.15, 0.2) is 35.4 Å². The fourth-order valence-electron chi connectivity index (χ4n) is 1.58. The number of aromatic nitrogens is 4. The molecule has 2 aromatic heterocycles. The quantitative estimate of drug-likeness (QED) is 0.544. The van der Waals surface area contributed by atoms with Crippen LogP contribution in [0.2, 0.25) is 0 Å². The van der Waals surface area contributed by atoms with Crippen LogP contribution in [0.1, 0.15) is 0 Å². The first-order chi connectivity index (χ1) is 7.36. The van der Waals surface area contributed by atoms with Gasteiger partial charge in [-0.05, 0) is 6.07 Å². The summed E-state index contributed by atoms with van der Waals surface area (Å²) in [6.45, 7) is 0. The van der Waals surface area contributed by atoms with Crippen LogP contribution in [0.25, 0.3) is 21.9 Å². The normalized spacial score (nSPS) is 10.9. The third-order valence-corrected chi connectivity index (χ3v) is 2.26. The van der Waals surface area contributed by atoms with E-state index in [9.17, 15) is 4.79 Å². The summed E-state index contributed by atoms with van der Waals surface area (Å²) in [6, 6.07) is 7.36. The molecular formula is C10H6N4O. The van der Waals surface area contributed by atoms with E-state index in [0.29, 0.717) is 16.6 Å². The lowest BCUT2D eigenvalue weighted by Gasteiger charge is -1.98. The van der Waals surface area contributed by atoms with Gasteiger partial charge >= 0.3 is 0 Å². The second-order valence-electron chi connectivity index (χ2n) is 3.15. The number of nitrogens with one attached hydrogen (secondary N) is 1. The molecule has 0 bridgehead atoms. The van der Waals surface area contributed by atoms with Gasteiger partial charge in [-0.1, -0.05) is 18.2 Å². The molecule has 0 saturated carbocycles. The van der Waals surface area contributed by atoms with Gasteiger partial charge in [0.2, 0.25) is 0 Å². The van der Waals surface area contributed by atoms with E-state index in [2.05, 4.69) is 20.2 Å². The van der Waals surface area contributed by atoms with Gasteiger partial charge in [0.15, 0.2) is 5.65 Å². The van der Waals surface area contributed by atoms with Crippen molar-refractivity contribution in [3.05, 3.63) is 40.9 Å². The van der Waals surface area contributed by atoms with Gasteiger partial charge in [-0.15, -0.1) is 10.2 Å². The Kier molecular flexibility index (Phi) is 1.53. The lowest BCUT2D eigenvalue weighted by atomic mass is 10.2. The zero-order valence-electron chi connectivity index (χ0n) is 7.64. The highest BCUT2D eigenvalue weighted by Gasteiger charge is 2.06. The minimum Gasteiger partial charge on any atom is -0.312 e. The summed E-state index contributed by atoms with van der Waals surface area (Å²) in [5.74, 6) is 0. The molecule has 1 N–H and O–H groups in total. The van der Waals surface area contributed by atoms with Crippen LogP contribution in [-0.4, -0.2) is 20.2 Å². The van der Waals surface area contributed by atoms with Crippen LogP contribution >= 0.6 is 0 Å². The fourth-order valence-corrected chi connectivity index (χ4v) is 1.58. The van der Waals surface area contributed by atoms with E-state index in [4.69, 9.17) is 0 Å². The van der Waals surface area contributed by atoms with Gasteiger partial charge in [0.25, 0.3) is 5.56 Å². The monoisotopic (exact) mass is 198 g/mol. The molecule has 3 rings (SSSR count). The molecule has 0 aliphatic heterocycles. The minimum absolute atomic E-state index is 0.189. The van der Waals surface area contributed by atoms with Crippen molar-refractivity contribution < 1.29 is 0 Å². The van der Waals surface area contributed by atoms with Crippen LogP contribution in [0.3, 0.4) is 0 Å². The van der Waals surface area contributed by atoms with Gasteiger partial charge in [0, 0.05) is 5.39 Å². The maximum Gasteiger partial charge on any atom is 0.260 e. The molecule has 5 nitrogen and oxygen atoms in total. The Bertz CT molecular complexity index is 704. The molecule has 0 amide bonds. The molecule has 72 valence electrons. The van der Waals surface area contributed by atoms with Gasteiger partial charge in [0.1, 0.15) is 0 Å². The fraction of sp³-hybridized carbons (Fsp3) is 0. The van der Waals surface area contributed by atoms with Crippen molar-refractivity contribution in [3.8, 4) is 0 Å². The Labute approximate surface area is 83.8 Å². The maximum atomic E-state index is 11.6. The van der Waals surface area contributed by atoms with Crippen LogP contribution in [0.4, 0.5) is 0 Å². The number of benzene rings is 1. The molecule has 0 spiro atoms. The van der Waals surface area contributed by atoms with Gasteiger partial charge in [-0.2, -0.15) is 0 Å². The molecule has 0 aliphatic rings. The average molecular weight is 198 g/mol. The highest BCUT2D eigenvalue weighted by atomic mass is 16.1. The molecule has 0 atom stereocenters. The van der Waals surface area contributed by atoms with E-state index in [1.165, 1.54) is 6.33 Å². The molecule has 1 aromatic carbocycles. The van der Waals surface area contributed by atoms with E-state index in [0.717, 1.165) is 5.39 Å². The summed E-state index contributed by atoms with van der Waals surface area (Å²) in [5, 5.41) is 9.14. The third-order valence-electron chi connectivity index (χ3n) is 2.26. The number of rotatable bonds is 0. The number of hydrogen-bond acceptors (Lipinski definition) is 4. The van der Waals surface area contributed by atoms with Crippen LogP contribution in [0, 0.1) is 0 Å².